The summed E-state index contributed by atoms with van der Waals surface area (Å²) in [6.45, 7) is 4.26. The first-order valence-electron chi connectivity index (χ1n) is 10.2. The van der Waals surface area contributed by atoms with Crippen molar-refractivity contribution in [3.63, 3.8) is 0 Å². The second kappa shape index (κ2) is 8.86. The largest absolute Gasteiger partial charge is 0.352 e. The zero-order valence-corrected chi connectivity index (χ0v) is 16.7. The highest BCUT2D eigenvalue weighted by molar-refractivity contribution is 5.79. The number of hydrogen-bond acceptors (Lipinski definition) is 4. The number of hydrogen-bond donors (Lipinski definition) is 1. The first-order valence-corrected chi connectivity index (χ1v) is 10.2. The zero-order chi connectivity index (χ0) is 20.1. The summed E-state index contributed by atoms with van der Waals surface area (Å²) in [6.07, 6.45) is 5.39. The lowest BCUT2D eigenvalue weighted by molar-refractivity contribution is -0.125. The Morgan fingerprint density at radius 3 is 2.31 bits per heavy atom. The van der Waals surface area contributed by atoms with Crippen LogP contribution < -0.4 is 10.2 Å². The molecule has 0 unspecified atom stereocenters. The van der Waals surface area contributed by atoms with Crippen molar-refractivity contribution in [1.82, 2.24) is 15.3 Å². The van der Waals surface area contributed by atoms with Crippen LogP contribution in [0.5, 0.6) is 0 Å². The number of piperidine rings is 1. The van der Waals surface area contributed by atoms with Gasteiger partial charge in [-0.2, -0.15) is 0 Å². The fourth-order valence-electron chi connectivity index (χ4n) is 3.74. The summed E-state index contributed by atoms with van der Waals surface area (Å²) in [5, 5.41) is 3.10. The van der Waals surface area contributed by atoms with E-state index in [4.69, 9.17) is 0 Å². The number of nitrogens with one attached hydrogen (secondary N) is 1. The van der Waals surface area contributed by atoms with Crippen molar-refractivity contribution in [2.75, 3.05) is 18.0 Å². The molecule has 4 rings (SSSR count). The van der Waals surface area contributed by atoms with E-state index in [1.54, 1.807) is 0 Å². The predicted octanol–water partition coefficient (Wildman–Crippen LogP) is 3.98. The van der Waals surface area contributed by atoms with Crippen LogP contribution in [0.25, 0.3) is 11.1 Å². The molecular weight excluding hydrogens is 360 g/mol. The van der Waals surface area contributed by atoms with E-state index in [1.807, 2.05) is 42.7 Å². The number of aryl methyl sites for hydroxylation is 1. The van der Waals surface area contributed by atoms with E-state index in [-0.39, 0.29) is 11.8 Å². The van der Waals surface area contributed by atoms with Crippen LogP contribution in [0.1, 0.15) is 24.0 Å². The second-order valence-electron chi connectivity index (χ2n) is 7.54. The quantitative estimate of drug-likeness (QED) is 0.720. The molecule has 1 saturated heterocycles. The third-order valence-electron chi connectivity index (χ3n) is 5.61. The van der Waals surface area contributed by atoms with E-state index in [0.29, 0.717) is 6.54 Å². The Morgan fingerprint density at radius 1 is 0.966 bits per heavy atom. The molecule has 1 amide bonds. The molecule has 5 heteroatoms. The lowest BCUT2D eigenvalue weighted by Crippen LogP contribution is -2.41. The molecule has 1 aromatic heterocycles. The molecule has 29 heavy (non-hydrogen) atoms. The summed E-state index contributed by atoms with van der Waals surface area (Å²) in [4.78, 5) is 23.8. The third kappa shape index (κ3) is 4.62. The van der Waals surface area contributed by atoms with Crippen molar-refractivity contribution < 1.29 is 4.79 Å². The lowest BCUT2D eigenvalue weighted by Gasteiger charge is -2.31. The van der Waals surface area contributed by atoms with Crippen LogP contribution in [0.3, 0.4) is 0 Å². The molecule has 0 spiro atoms. The number of aromatic nitrogens is 2. The SMILES string of the molecule is Cc1ccccc1CNC(=O)C1CCN(c2ncc(-c3ccccc3)cn2)CC1. The first-order chi connectivity index (χ1) is 14.2. The Morgan fingerprint density at radius 2 is 1.62 bits per heavy atom. The maximum atomic E-state index is 12.6. The van der Waals surface area contributed by atoms with Gasteiger partial charge in [-0.25, -0.2) is 9.97 Å². The number of carbonyl (C=O) groups excluding carboxylic acids is 1. The first kappa shape index (κ1) is 19.1. The van der Waals surface area contributed by atoms with Gasteiger partial charge in [-0.15, -0.1) is 0 Å². The van der Waals surface area contributed by atoms with Gasteiger partial charge in [0, 0.05) is 43.5 Å². The van der Waals surface area contributed by atoms with Gasteiger partial charge in [0.2, 0.25) is 11.9 Å². The molecule has 2 aromatic carbocycles. The minimum atomic E-state index is 0.0545. The Labute approximate surface area is 171 Å². The van der Waals surface area contributed by atoms with Crippen LogP contribution in [0, 0.1) is 12.8 Å². The third-order valence-corrected chi connectivity index (χ3v) is 5.61. The molecule has 1 aliphatic rings. The van der Waals surface area contributed by atoms with Crippen molar-refractivity contribution >= 4 is 11.9 Å². The fraction of sp³-hybridized carbons (Fsp3) is 0.292. The maximum absolute atomic E-state index is 12.6. The summed E-state index contributed by atoms with van der Waals surface area (Å²) in [7, 11) is 0. The number of nitrogens with zero attached hydrogens (tertiary/aromatic N) is 3. The molecule has 0 atom stereocenters. The second-order valence-corrected chi connectivity index (χ2v) is 7.54. The topological polar surface area (TPSA) is 58.1 Å². The van der Waals surface area contributed by atoms with Gasteiger partial charge in [0.05, 0.1) is 0 Å². The minimum Gasteiger partial charge on any atom is -0.352 e. The summed E-state index contributed by atoms with van der Waals surface area (Å²) in [6, 6.07) is 18.3. The molecule has 0 bridgehead atoms. The molecule has 0 aliphatic carbocycles. The van der Waals surface area contributed by atoms with Crippen molar-refractivity contribution in [3.05, 3.63) is 78.1 Å². The number of amides is 1. The molecule has 1 aliphatic heterocycles. The molecule has 148 valence electrons. The smallest absolute Gasteiger partial charge is 0.225 e. The summed E-state index contributed by atoms with van der Waals surface area (Å²) in [5.41, 5.74) is 4.51. The van der Waals surface area contributed by atoms with Gasteiger partial charge in [-0.3, -0.25) is 4.79 Å². The van der Waals surface area contributed by atoms with E-state index in [2.05, 4.69) is 51.4 Å². The number of anilines is 1. The molecule has 2 heterocycles. The highest BCUT2D eigenvalue weighted by Crippen LogP contribution is 2.23. The zero-order valence-electron chi connectivity index (χ0n) is 16.7. The summed E-state index contributed by atoms with van der Waals surface area (Å²) in [5.74, 6) is 0.940. The number of carbonyl (C=O) groups is 1. The van der Waals surface area contributed by atoms with E-state index in [0.717, 1.165) is 43.0 Å². The number of rotatable bonds is 5. The summed E-state index contributed by atoms with van der Waals surface area (Å²) < 4.78 is 0. The van der Waals surface area contributed by atoms with E-state index < -0.39 is 0 Å². The molecule has 0 radical (unpaired) electrons. The van der Waals surface area contributed by atoms with Crippen LogP contribution in [-0.4, -0.2) is 29.0 Å². The van der Waals surface area contributed by atoms with E-state index in [1.165, 1.54) is 11.1 Å². The van der Waals surface area contributed by atoms with Gasteiger partial charge >= 0.3 is 0 Å². The van der Waals surface area contributed by atoms with Crippen LogP contribution >= 0.6 is 0 Å². The summed E-state index contributed by atoms with van der Waals surface area (Å²) >= 11 is 0. The van der Waals surface area contributed by atoms with Crippen molar-refractivity contribution in [1.29, 1.82) is 0 Å². The van der Waals surface area contributed by atoms with E-state index >= 15 is 0 Å². The van der Waals surface area contributed by atoms with Crippen molar-refractivity contribution in [3.8, 4) is 11.1 Å². The van der Waals surface area contributed by atoms with Gasteiger partial charge in [0.25, 0.3) is 0 Å². The van der Waals surface area contributed by atoms with Crippen LogP contribution in [-0.2, 0) is 11.3 Å². The van der Waals surface area contributed by atoms with Crippen LogP contribution in [0.2, 0.25) is 0 Å². The maximum Gasteiger partial charge on any atom is 0.225 e. The van der Waals surface area contributed by atoms with Crippen LogP contribution in [0.4, 0.5) is 5.95 Å². The molecule has 1 fully saturated rings. The Balaban J connectivity index is 1.30. The van der Waals surface area contributed by atoms with Crippen molar-refractivity contribution in [2.24, 2.45) is 5.92 Å². The average molecular weight is 386 g/mol. The molecule has 5 nitrogen and oxygen atoms in total. The van der Waals surface area contributed by atoms with Gasteiger partial charge in [0.15, 0.2) is 0 Å². The average Bonchev–Trinajstić information content (AvgIpc) is 2.79. The monoisotopic (exact) mass is 386 g/mol. The van der Waals surface area contributed by atoms with Crippen LogP contribution in [0.15, 0.2) is 67.0 Å². The minimum absolute atomic E-state index is 0.0545. The standard InChI is InChI=1S/C24H26N4O/c1-18-7-5-6-10-21(18)15-25-23(29)20-11-13-28(14-12-20)24-26-16-22(17-27-24)19-8-3-2-4-9-19/h2-10,16-17,20H,11-15H2,1H3,(H,25,29). The molecule has 1 N–H and O–H groups in total. The van der Waals surface area contributed by atoms with E-state index in [9.17, 15) is 4.79 Å². The number of benzene rings is 2. The van der Waals surface area contributed by atoms with Gasteiger partial charge in [0.1, 0.15) is 0 Å². The predicted molar refractivity (Wildman–Crippen MR) is 115 cm³/mol. The van der Waals surface area contributed by atoms with Gasteiger partial charge < -0.3 is 10.2 Å². The Kier molecular flexibility index (Phi) is 5.84. The highest BCUT2D eigenvalue weighted by Gasteiger charge is 2.26. The van der Waals surface area contributed by atoms with Gasteiger partial charge in [-0.1, -0.05) is 54.6 Å². The molecular formula is C24H26N4O. The fourth-order valence-corrected chi connectivity index (χ4v) is 3.74. The van der Waals surface area contributed by atoms with Gasteiger partial charge in [-0.05, 0) is 36.5 Å². The lowest BCUT2D eigenvalue weighted by atomic mass is 9.96. The Bertz CT molecular complexity index is 948. The normalized spacial score (nSPS) is 14.6. The highest BCUT2D eigenvalue weighted by atomic mass is 16.1. The van der Waals surface area contributed by atoms with Crippen molar-refractivity contribution in [2.45, 2.75) is 26.3 Å². The molecule has 0 saturated carbocycles. The Hall–Kier alpha value is -3.21. The molecule has 3 aromatic rings.